The largest absolute Gasteiger partial charge is 0.482 e. The zero-order valence-corrected chi connectivity index (χ0v) is 11.7. The number of aromatic nitrogens is 1. The number of unbranched alkanes of at least 4 members (excludes halogenated alkanes) is 1. The predicted molar refractivity (Wildman–Crippen MR) is 75.0 cm³/mol. The lowest BCUT2D eigenvalue weighted by Gasteiger charge is -2.08. The van der Waals surface area contributed by atoms with Crippen LogP contribution in [0.25, 0.3) is 0 Å². The number of hydrogen-bond acceptors (Lipinski definition) is 4. The third-order valence-electron chi connectivity index (χ3n) is 2.55. The summed E-state index contributed by atoms with van der Waals surface area (Å²) in [6.07, 6.45) is 4.40. The van der Waals surface area contributed by atoms with Crippen molar-refractivity contribution in [1.82, 2.24) is 10.3 Å². The normalized spacial score (nSPS) is 11.9. The van der Waals surface area contributed by atoms with Crippen molar-refractivity contribution < 1.29 is 9.53 Å². The average molecular weight is 265 g/mol. The molecular formula is C14H23N3O2. The maximum Gasteiger partial charge on any atom is 0.257 e. The molecule has 19 heavy (non-hydrogen) atoms. The molecule has 0 saturated heterocycles. The number of ether oxygens (including phenoxy) is 1. The molecule has 0 fully saturated rings. The monoisotopic (exact) mass is 265 g/mol. The number of carbonyl (C=O) groups is 1. The van der Waals surface area contributed by atoms with Crippen LogP contribution in [0.5, 0.6) is 5.75 Å². The second-order valence-electron chi connectivity index (χ2n) is 4.66. The highest BCUT2D eigenvalue weighted by Crippen LogP contribution is 2.09. The van der Waals surface area contributed by atoms with Crippen LogP contribution in [0.4, 0.5) is 0 Å². The minimum atomic E-state index is -0.104. The first-order valence-corrected chi connectivity index (χ1v) is 6.71. The second-order valence-corrected chi connectivity index (χ2v) is 4.66. The average Bonchev–Trinajstić information content (AvgIpc) is 2.37. The molecule has 0 spiro atoms. The van der Waals surface area contributed by atoms with E-state index in [0.29, 0.717) is 12.3 Å². The van der Waals surface area contributed by atoms with Gasteiger partial charge in [0, 0.05) is 24.7 Å². The van der Waals surface area contributed by atoms with Crippen LogP contribution in [0.2, 0.25) is 0 Å². The highest BCUT2D eigenvalue weighted by Gasteiger charge is 2.03. The molecule has 0 saturated carbocycles. The number of nitrogens with zero attached hydrogens (tertiary/aromatic N) is 1. The maximum atomic E-state index is 11.4. The second kappa shape index (κ2) is 8.48. The minimum absolute atomic E-state index is 0.0258. The number of nitrogens with one attached hydrogen (secondary N) is 1. The predicted octanol–water partition coefficient (Wildman–Crippen LogP) is 1.27. The molecule has 1 amide bonds. The number of carbonyl (C=O) groups excluding carboxylic acids is 1. The van der Waals surface area contributed by atoms with E-state index < -0.39 is 0 Å². The van der Waals surface area contributed by atoms with E-state index in [2.05, 4.69) is 17.2 Å². The fraction of sp³-hybridized carbons (Fsp3) is 0.571. The minimum Gasteiger partial charge on any atom is -0.482 e. The van der Waals surface area contributed by atoms with Crippen LogP contribution in [0.15, 0.2) is 18.3 Å². The summed E-state index contributed by atoms with van der Waals surface area (Å²) in [5.74, 6) is 0.493. The highest BCUT2D eigenvalue weighted by molar-refractivity contribution is 5.77. The Morgan fingerprint density at radius 2 is 2.32 bits per heavy atom. The molecule has 0 radical (unpaired) electrons. The molecule has 1 unspecified atom stereocenters. The van der Waals surface area contributed by atoms with Crippen molar-refractivity contribution in [3.63, 3.8) is 0 Å². The van der Waals surface area contributed by atoms with E-state index in [4.69, 9.17) is 10.5 Å². The Kier molecular flexibility index (Phi) is 6.89. The van der Waals surface area contributed by atoms with Gasteiger partial charge in [-0.15, -0.1) is 0 Å². The molecule has 1 aromatic heterocycles. The lowest BCUT2D eigenvalue weighted by molar-refractivity contribution is -0.123. The van der Waals surface area contributed by atoms with Crippen LogP contribution >= 0.6 is 0 Å². The smallest absolute Gasteiger partial charge is 0.257 e. The Morgan fingerprint density at radius 3 is 2.89 bits per heavy atom. The summed E-state index contributed by atoms with van der Waals surface area (Å²) in [5, 5.41) is 2.79. The quantitative estimate of drug-likeness (QED) is 0.694. The van der Waals surface area contributed by atoms with Gasteiger partial charge in [-0.05, 0) is 25.5 Å². The Bertz CT molecular complexity index is 377. The van der Waals surface area contributed by atoms with Gasteiger partial charge < -0.3 is 15.8 Å². The summed E-state index contributed by atoms with van der Waals surface area (Å²) >= 11 is 0. The van der Waals surface area contributed by atoms with Crippen molar-refractivity contribution in [2.75, 3.05) is 13.2 Å². The number of rotatable bonds is 8. The van der Waals surface area contributed by atoms with Gasteiger partial charge in [-0.1, -0.05) is 13.3 Å². The van der Waals surface area contributed by atoms with Gasteiger partial charge in [0.15, 0.2) is 6.61 Å². The molecule has 106 valence electrons. The summed E-state index contributed by atoms with van der Waals surface area (Å²) in [6, 6.07) is 3.76. The summed E-state index contributed by atoms with van der Waals surface area (Å²) in [4.78, 5) is 15.7. The van der Waals surface area contributed by atoms with E-state index in [0.717, 1.165) is 25.0 Å². The Balaban J connectivity index is 2.31. The molecule has 0 aliphatic carbocycles. The van der Waals surface area contributed by atoms with Gasteiger partial charge in [0.25, 0.3) is 5.91 Å². The van der Waals surface area contributed by atoms with Crippen LogP contribution in [0, 0.1) is 0 Å². The van der Waals surface area contributed by atoms with Crippen LogP contribution in [-0.4, -0.2) is 30.1 Å². The highest BCUT2D eigenvalue weighted by atomic mass is 16.5. The number of pyridine rings is 1. The molecule has 3 N–H and O–H groups in total. The van der Waals surface area contributed by atoms with E-state index in [9.17, 15) is 4.79 Å². The van der Waals surface area contributed by atoms with Gasteiger partial charge >= 0.3 is 0 Å². The first-order chi connectivity index (χ1) is 9.11. The lowest BCUT2D eigenvalue weighted by atomic mass is 10.2. The van der Waals surface area contributed by atoms with Crippen LogP contribution in [-0.2, 0) is 11.2 Å². The topological polar surface area (TPSA) is 77.2 Å². The third kappa shape index (κ3) is 6.76. The number of nitrogens with two attached hydrogens (primary N) is 1. The van der Waals surface area contributed by atoms with Crippen molar-refractivity contribution in [1.29, 1.82) is 0 Å². The molecular weight excluding hydrogens is 242 g/mol. The van der Waals surface area contributed by atoms with Crippen LogP contribution < -0.4 is 15.8 Å². The molecule has 0 aromatic carbocycles. The summed E-state index contributed by atoms with van der Waals surface area (Å²) in [7, 11) is 0. The fourth-order valence-electron chi connectivity index (χ4n) is 1.55. The molecule has 1 aromatic rings. The molecule has 1 heterocycles. The zero-order chi connectivity index (χ0) is 14.1. The lowest BCUT2D eigenvalue weighted by Crippen LogP contribution is -2.29. The van der Waals surface area contributed by atoms with Gasteiger partial charge in [-0.25, -0.2) is 0 Å². The summed E-state index contributed by atoms with van der Waals surface area (Å²) < 4.78 is 5.35. The standard InChI is InChI=1S/C14H23N3O2/c1-3-4-7-16-14(18)10-19-13-6-5-12(17-9-13)8-11(2)15/h5-6,9,11H,3-4,7-8,10,15H2,1-2H3,(H,16,18). The fourth-order valence-corrected chi connectivity index (χ4v) is 1.55. The van der Waals surface area contributed by atoms with Crippen LogP contribution in [0.3, 0.4) is 0 Å². The summed E-state index contributed by atoms with van der Waals surface area (Å²) in [5.41, 5.74) is 6.62. The van der Waals surface area contributed by atoms with E-state index in [1.807, 2.05) is 19.1 Å². The number of amides is 1. The molecule has 1 atom stereocenters. The van der Waals surface area contributed by atoms with E-state index in [1.54, 1.807) is 6.20 Å². The van der Waals surface area contributed by atoms with E-state index in [-0.39, 0.29) is 18.6 Å². The van der Waals surface area contributed by atoms with Gasteiger partial charge in [-0.2, -0.15) is 0 Å². The van der Waals surface area contributed by atoms with Crippen molar-refractivity contribution in [2.24, 2.45) is 5.73 Å². The molecule has 0 bridgehead atoms. The first kappa shape index (κ1) is 15.4. The van der Waals surface area contributed by atoms with Crippen molar-refractivity contribution >= 4 is 5.91 Å². The van der Waals surface area contributed by atoms with E-state index in [1.165, 1.54) is 0 Å². The van der Waals surface area contributed by atoms with Gasteiger partial charge in [0.1, 0.15) is 5.75 Å². The van der Waals surface area contributed by atoms with E-state index >= 15 is 0 Å². The number of hydrogen-bond donors (Lipinski definition) is 2. The van der Waals surface area contributed by atoms with Crippen molar-refractivity contribution in [2.45, 2.75) is 39.2 Å². The van der Waals surface area contributed by atoms with Gasteiger partial charge in [0.2, 0.25) is 0 Å². The maximum absolute atomic E-state index is 11.4. The summed E-state index contributed by atoms with van der Waals surface area (Å²) in [6.45, 7) is 4.74. The van der Waals surface area contributed by atoms with Crippen molar-refractivity contribution in [3.05, 3.63) is 24.0 Å². The van der Waals surface area contributed by atoms with Crippen molar-refractivity contribution in [3.8, 4) is 5.75 Å². The molecule has 5 nitrogen and oxygen atoms in total. The SMILES string of the molecule is CCCCNC(=O)COc1ccc(CC(C)N)nc1. The van der Waals surface area contributed by atoms with Gasteiger partial charge in [0.05, 0.1) is 6.20 Å². The molecule has 1 rings (SSSR count). The zero-order valence-electron chi connectivity index (χ0n) is 11.7. The first-order valence-electron chi connectivity index (χ1n) is 6.71. The Morgan fingerprint density at radius 1 is 1.53 bits per heavy atom. The third-order valence-corrected chi connectivity index (χ3v) is 2.55. The molecule has 0 aliphatic rings. The van der Waals surface area contributed by atoms with Crippen LogP contribution in [0.1, 0.15) is 32.4 Å². The Labute approximate surface area is 114 Å². The Hall–Kier alpha value is -1.62. The van der Waals surface area contributed by atoms with Gasteiger partial charge in [-0.3, -0.25) is 9.78 Å². The molecule has 0 aliphatic heterocycles. The molecule has 5 heteroatoms.